The van der Waals surface area contributed by atoms with Crippen LogP contribution in [0.2, 0.25) is 5.02 Å². The second kappa shape index (κ2) is 7.60. The van der Waals surface area contributed by atoms with E-state index in [0.29, 0.717) is 13.0 Å². The molecular formula is C19H16ClF3N2O2. The number of anilines is 1. The summed E-state index contributed by atoms with van der Waals surface area (Å²) >= 11 is 5.56. The third-order valence-electron chi connectivity index (χ3n) is 4.38. The maximum Gasteiger partial charge on any atom is 0.417 e. The number of nitrogens with one attached hydrogen (secondary N) is 1. The minimum Gasteiger partial charge on any atom is -0.333 e. The van der Waals surface area contributed by atoms with Crippen molar-refractivity contribution < 1.29 is 22.8 Å². The smallest absolute Gasteiger partial charge is 0.333 e. The Bertz CT molecular complexity index is 856. The van der Waals surface area contributed by atoms with Gasteiger partial charge in [0, 0.05) is 24.6 Å². The molecule has 0 radical (unpaired) electrons. The predicted molar refractivity (Wildman–Crippen MR) is 95.5 cm³/mol. The highest BCUT2D eigenvalue weighted by molar-refractivity contribution is 6.31. The molecule has 4 nitrogen and oxygen atoms in total. The van der Waals surface area contributed by atoms with Gasteiger partial charge in [0.25, 0.3) is 0 Å². The Labute approximate surface area is 158 Å². The number of alkyl halides is 3. The molecule has 2 amide bonds. The zero-order valence-electron chi connectivity index (χ0n) is 14.1. The van der Waals surface area contributed by atoms with Gasteiger partial charge in [-0.25, -0.2) is 0 Å². The standard InChI is InChI=1S/C19H16ClF3N2O2/c20-16-7-6-14(9-15(16)19(21,22)23)24-17(26)11-25-10-13(8-18(25)27)12-4-2-1-3-5-12/h1-7,9,13H,8,10-11H2,(H,24,26). The Morgan fingerprint density at radius 3 is 2.56 bits per heavy atom. The van der Waals surface area contributed by atoms with Gasteiger partial charge >= 0.3 is 6.18 Å². The van der Waals surface area contributed by atoms with Crippen LogP contribution in [0.25, 0.3) is 0 Å². The summed E-state index contributed by atoms with van der Waals surface area (Å²) in [6, 6.07) is 12.6. The molecule has 1 unspecified atom stereocenters. The van der Waals surface area contributed by atoms with Gasteiger partial charge in [0.05, 0.1) is 17.1 Å². The fourth-order valence-corrected chi connectivity index (χ4v) is 3.29. The van der Waals surface area contributed by atoms with Gasteiger partial charge in [0.1, 0.15) is 0 Å². The molecule has 1 saturated heterocycles. The lowest BCUT2D eigenvalue weighted by atomic mass is 9.99. The van der Waals surface area contributed by atoms with Gasteiger partial charge in [0.15, 0.2) is 0 Å². The van der Waals surface area contributed by atoms with Crippen molar-refractivity contribution in [2.45, 2.75) is 18.5 Å². The van der Waals surface area contributed by atoms with Gasteiger partial charge < -0.3 is 10.2 Å². The molecule has 0 spiro atoms. The van der Waals surface area contributed by atoms with Gasteiger partial charge in [-0.3, -0.25) is 9.59 Å². The van der Waals surface area contributed by atoms with Gasteiger partial charge in [-0.15, -0.1) is 0 Å². The van der Waals surface area contributed by atoms with Crippen LogP contribution >= 0.6 is 11.6 Å². The maximum atomic E-state index is 12.9. The summed E-state index contributed by atoms with van der Waals surface area (Å²) in [6.07, 6.45) is -4.32. The van der Waals surface area contributed by atoms with E-state index in [-0.39, 0.29) is 24.1 Å². The molecule has 0 aromatic heterocycles. The summed E-state index contributed by atoms with van der Waals surface area (Å²) in [5.74, 6) is -0.725. The summed E-state index contributed by atoms with van der Waals surface area (Å²) in [5.41, 5.74) is -0.0346. The summed E-state index contributed by atoms with van der Waals surface area (Å²) in [4.78, 5) is 25.8. The van der Waals surface area contributed by atoms with Crippen molar-refractivity contribution in [2.75, 3.05) is 18.4 Å². The number of amides is 2. The summed E-state index contributed by atoms with van der Waals surface area (Å²) in [6.45, 7) is 0.177. The zero-order chi connectivity index (χ0) is 19.6. The molecule has 0 saturated carbocycles. The second-order valence-electron chi connectivity index (χ2n) is 6.33. The fourth-order valence-electron chi connectivity index (χ4n) is 3.07. The first-order valence-electron chi connectivity index (χ1n) is 8.23. The lowest BCUT2D eigenvalue weighted by Gasteiger charge is -2.17. The first-order chi connectivity index (χ1) is 12.7. The van der Waals surface area contributed by atoms with Crippen LogP contribution in [-0.4, -0.2) is 29.8 Å². The van der Waals surface area contributed by atoms with Crippen molar-refractivity contribution in [1.82, 2.24) is 4.90 Å². The van der Waals surface area contributed by atoms with Gasteiger partial charge in [-0.2, -0.15) is 13.2 Å². The van der Waals surface area contributed by atoms with Crippen LogP contribution in [0.3, 0.4) is 0 Å². The lowest BCUT2D eigenvalue weighted by molar-refractivity contribution is -0.137. The largest absolute Gasteiger partial charge is 0.417 e. The molecular weight excluding hydrogens is 381 g/mol. The van der Waals surface area contributed by atoms with E-state index in [1.165, 1.54) is 11.0 Å². The number of nitrogens with zero attached hydrogens (tertiary/aromatic N) is 1. The zero-order valence-corrected chi connectivity index (χ0v) is 14.8. The van der Waals surface area contributed by atoms with E-state index < -0.39 is 22.7 Å². The van der Waals surface area contributed by atoms with Gasteiger partial charge in [-0.1, -0.05) is 41.9 Å². The SMILES string of the molecule is O=C(CN1CC(c2ccccc2)CC1=O)Nc1ccc(Cl)c(C(F)(F)F)c1. The van der Waals surface area contributed by atoms with E-state index in [0.717, 1.165) is 17.7 Å². The Hall–Kier alpha value is -2.54. The molecule has 1 heterocycles. The number of hydrogen-bond donors (Lipinski definition) is 1. The van der Waals surface area contributed by atoms with Gasteiger partial charge in [-0.05, 0) is 23.8 Å². The van der Waals surface area contributed by atoms with Crippen molar-refractivity contribution in [1.29, 1.82) is 0 Å². The third-order valence-corrected chi connectivity index (χ3v) is 4.71. The molecule has 2 aromatic carbocycles. The van der Waals surface area contributed by atoms with Crippen LogP contribution in [0.15, 0.2) is 48.5 Å². The molecule has 1 aliphatic heterocycles. The molecule has 27 heavy (non-hydrogen) atoms. The van der Waals surface area contributed by atoms with Crippen LogP contribution < -0.4 is 5.32 Å². The summed E-state index contributed by atoms with van der Waals surface area (Å²) < 4.78 is 38.7. The van der Waals surface area contributed by atoms with E-state index in [2.05, 4.69) is 5.32 Å². The van der Waals surface area contributed by atoms with Crippen molar-refractivity contribution >= 4 is 29.1 Å². The molecule has 8 heteroatoms. The third kappa shape index (κ3) is 4.60. The lowest BCUT2D eigenvalue weighted by Crippen LogP contribution is -2.34. The number of carbonyl (C=O) groups excluding carboxylic acids is 2. The van der Waals surface area contributed by atoms with Crippen LogP contribution in [0.1, 0.15) is 23.5 Å². The molecule has 3 rings (SSSR count). The highest BCUT2D eigenvalue weighted by Crippen LogP contribution is 2.36. The van der Waals surface area contributed by atoms with E-state index in [4.69, 9.17) is 11.6 Å². The van der Waals surface area contributed by atoms with Crippen LogP contribution in [0, 0.1) is 0 Å². The quantitative estimate of drug-likeness (QED) is 0.837. The topological polar surface area (TPSA) is 49.4 Å². The fraction of sp³-hybridized carbons (Fsp3) is 0.263. The molecule has 1 atom stereocenters. The highest BCUT2D eigenvalue weighted by atomic mass is 35.5. The molecule has 2 aromatic rings. The van der Waals surface area contributed by atoms with Crippen molar-refractivity contribution in [3.63, 3.8) is 0 Å². The maximum absolute atomic E-state index is 12.9. The number of carbonyl (C=O) groups is 2. The molecule has 1 N–H and O–H groups in total. The van der Waals surface area contributed by atoms with Crippen LogP contribution in [-0.2, 0) is 15.8 Å². The monoisotopic (exact) mass is 396 g/mol. The Balaban J connectivity index is 1.64. The van der Waals surface area contributed by atoms with E-state index in [9.17, 15) is 22.8 Å². The predicted octanol–water partition coefficient (Wildman–Crippen LogP) is 4.31. The molecule has 1 fully saturated rings. The first-order valence-corrected chi connectivity index (χ1v) is 8.61. The normalized spacial score (nSPS) is 17.3. The van der Waals surface area contributed by atoms with E-state index in [1.807, 2.05) is 30.3 Å². The molecule has 0 aliphatic carbocycles. The Morgan fingerprint density at radius 1 is 1.19 bits per heavy atom. The number of benzene rings is 2. The van der Waals surface area contributed by atoms with Crippen LogP contribution in [0.5, 0.6) is 0 Å². The number of halogens is 4. The average molecular weight is 397 g/mol. The summed E-state index contributed by atoms with van der Waals surface area (Å²) in [7, 11) is 0. The Kier molecular flexibility index (Phi) is 5.41. The first kappa shape index (κ1) is 19.2. The molecule has 0 bridgehead atoms. The van der Waals surface area contributed by atoms with E-state index in [1.54, 1.807) is 0 Å². The van der Waals surface area contributed by atoms with Gasteiger partial charge in [0.2, 0.25) is 11.8 Å². The van der Waals surface area contributed by atoms with Crippen molar-refractivity contribution in [3.8, 4) is 0 Å². The second-order valence-corrected chi connectivity index (χ2v) is 6.73. The number of hydrogen-bond acceptors (Lipinski definition) is 2. The Morgan fingerprint density at radius 2 is 1.89 bits per heavy atom. The summed E-state index contributed by atoms with van der Waals surface area (Å²) in [5, 5.41) is 1.95. The van der Waals surface area contributed by atoms with Crippen LogP contribution in [0.4, 0.5) is 18.9 Å². The number of likely N-dealkylation sites (tertiary alicyclic amines) is 1. The minimum atomic E-state index is -4.62. The minimum absolute atomic E-state index is 0.00105. The molecule has 1 aliphatic rings. The van der Waals surface area contributed by atoms with E-state index >= 15 is 0 Å². The van der Waals surface area contributed by atoms with Crippen molar-refractivity contribution in [3.05, 3.63) is 64.7 Å². The average Bonchev–Trinajstić information content (AvgIpc) is 2.97. The molecule has 142 valence electrons. The van der Waals surface area contributed by atoms with Crippen molar-refractivity contribution in [2.24, 2.45) is 0 Å². The number of rotatable bonds is 4. The highest BCUT2D eigenvalue weighted by Gasteiger charge is 2.34.